The summed E-state index contributed by atoms with van der Waals surface area (Å²) in [5.41, 5.74) is 4.17. The number of ether oxygens (including phenoxy) is 2. The molecule has 0 aliphatic carbocycles. The van der Waals surface area contributed by atoms with Gasteiger partial charge in [-0.3, -0.25) is 5.73 Å². The van der Waals surface area contributed by atoms with Crippen LogP contribution in [0.1, 0.15) is 5.56 Å². The average molecular weight is 496 g/mol. The monoisotopic (exact) mass is 496 g/mol. The molecule has 0 saturated heterocycles. The number of nitrogens with zero attached hydrogens (tertiary/aromatic N) is 1. The van der Waals surface area contributed by atoms with Crippen molar-refractivity contribution in [3.05, 3.63) is 60.3 Å². The maximum absolute atomic E-state index is 13.0. The van der Waals surface area contributed by atoms with E-state index < -0.39 is 51.6 Å². The van der Waals surface area contributed by atoms with Crippen molar-refractivity contribution in [2.45, 2.75) is 23.5 Å². The molecule has 1 unspecified atom stereocenters. The van der Waals surface area contributed by atoms with Gasteiger partial charge in [-0.05, 0) is 36.4 Å². The zero-order valence-corrected chi connectivity index (χ0v) is 17.0. The lowest BCUT2D eigenvalue weighted by Crippen LogP contribution is -2.38. The molecule has 0 spiro atoms. The fourth-order valence-electron chi connectivity index (χ4n) is 2.81. The number of aromatic nitrogens is 1. The van der Waals surface area contributed by atoms with Crippen molar-refractivity contribution in [2.75, 3.05) is 6.61 Å². The maximum Gasteiger partial charge on any atom is 0.490 e. The molecule has 33 heavy (non-hydrogen) atoms. The molecule has 178 valence electrons. The Bertz CT molecular complexity index is 1280. The number of esters is 1. The summed E-state index contributed by atoms with van der Waals surface area (Å²) < 4.78 is 112. The smallest absolute Gasteiger partial charge is 0.488 e. The summed E-state index contributed by atoms with van der Waals surface area (Å²) in [6.07, 6.45) is -10.7. The van der Waals surface area contributed by atoms with Gasteiger partial charge in [-0.25, -0.2) is 17.2 Å². The molecule has 14 heteroatoms. The van der Waals surface area contributed by atoms with Crippen LogP contribution in [-0.4, -0.2) is 37.4 Å². The lowest BCUT2D eigenvalue weighted by atomic mass is 10.2. The molecule has 0 aliphatic rings. The number of carbonyl (C=O) groups excluding carboxylic acids is 1. The van der Waals surface area contributed by atoms with Crippen molar-refractivity contribution in [3.8, 4) is 5.75 Å². The summed E-state index contributed by atoms with van der Waals surface area (Å²) in [6, 6.07) is 8.51. The molecule has 0 radical (unpaired) electrons. The Hall–Kier alpha value is -3.26. The van der Waals surface area contributed by atoms with Crippen LogP contribution in [0.2, 0.25) is 0 Å². The molecule has 0 amide bonds. The predicted octanol–water partition coefficient (Wildman–Crippen LogP) is 3.67. The third kappa shape index (κ3) is 5.22. The minimum atomic E-state index is -5.24. The number of benzene rings is 2. The second-order valence-corrected chi connectivity index (χ2v) is 8.40. The molecule has 7 nitrogen and oxygen atoms in total. The molecule has 0 aliphatic heterocycles. The van der Waals surface area contributed by atoms with Crippen molar-refractivity contribution in [3.63, 3.8) is 0 Å². The SMILES string of the molecule is NC(COc1cccc2c1ccn2S(=O)(=O)c1cccc(C(F)(F)F)c1)OC(=O)C(F)(F)F. The highest BCUT2D eigenvalue weighted by molar-refractivity contribution is 7.90. The molecule has 1 aromatic heterocycles. The van der Waals surface area contributed by atoms with Gasteiger partial charge in [0.1, 0.15) is 12.4 Å². The fourth-order valence-corrected chi connectivity index (χ4v) is 4.20. The van der Waals surface area contributed by atoms with Gasteiger partial charge in [0.05, 0.1) is 16.0 Å². The summed E-state index contributed by atoms with van der Waals surface area (Å²) in [5, 5.41) is 0.169. The summed E-state index contributed by atoms with van der Waals surface area (Å²) in [7, 11) is -4.44. The van der Waals surface area contributed by atoms with Gasteiger partial charge >= 0.3 is 18.3 Å². The van der Waals surface area contributed by atoms with Crippen molar-refractivity contribution in [2.24, 2.45) is 5.73 Å². The Morgan fingerprint density at radius 1 is 1.03 bits per heavy atom. The Kier molecular flexibility index (Phi) is 6.35. The highest BCUT2D eigenvalue weighted by atomic mass is 32.2. The molecule has 1 heterocycles. The first-order chi connectivity index (χ1) is 15.2. The minimum Gasteiger partial charge on any atom is -0.488 e. The van der Waals surface area contributed by atoms with Crippen LogP contribution in [0.15, 0.2) is 59.6 Å². The van der Waals surface area contributed by atoms with E-state index in [0.717, 1.165) is 28.4 Å². The number of nitrogens with two attached hydrogens (primary N) is 1. The van der Waals surface area contributed by atoms with E-state index in [1.54, 1.807) is 0 Å². The molecule has 0 saturated carbocycles. The number of alkyl halides is 6. The summed E-state index contributed by atoms with van der Waals surface area (Å²) >= 11 is 0. The number of fused-ring (bicyclic) bond motifs is 1. The van der Waals surface area contributed by atoms with Crippen LogP contribution < -0.4 is 10.5 Å². The lowest BCUT2D eigenvalue weighted by molar-refractivity contribution is -0.205. The van der Waals surface area contributed by atoms with Gasteiger partial charge in [0.25, 0.3) is 10.0 Å². The quantitative estimate of drug-likeness (QED) is 0.318. The maximum atomic E-state index is 13.0. The Balaban J connectivity index is 1.88. The summed E-state index contributed by atoms with van der Waals surface area (Å²) in [4.78, 5) is 10.2. The van der Waals surface area contributed by atoms with Crippen LogP contribution in [0.3, 0.4) is 0 Å². The standard InChI is InChI=1S/C19H14F6N2O5S/c20-18(21,22)11-3-1-4-12(9-11)33(29,30)27-8-7-13-14(27)5-2-6-15(13)31-10-16(26)32-17(28)19(23,24)25/h1-9,16H,10,26H2. The van der Waals surface area contributed by atoms with Crippen LogP contribution in [0, 0.1) is 0 Å². The topological polar surface area (TPSA) is 101 Å². The van der Waals surface area contributed by atoms with Crippen molar-refractivity contribution < 1.29 is 49.0 Å². The third-order valence-corrected chi connectivity index (χ3v) is 5.95. The zero-order chi connectivity index (χ0) is 24.6. The van der Waals surface area contributed by atoms with E-state index >= 15 is 0 Å². The van der Waals surface area contributed by atoms with E-state index in [1.165, 1.54) is 24.3 Å². The van der Waals surface area contributed by atoms with Gasteiger partial charge in [0, 0.05) is 11.6 Å². The van der Waals surface area contributed by atoms with E-state index in [1.807, 2.05) is 0 Å². The zero-order valence-electron chi connectivity index (χ0n) is 16.2. The lowest BCUT2D eigenvalue weighted by Gasteiger charge is -2.16. The molecule has 0 fully saturated rings. The van der Waals surface area contributed by atoms with E-state index in [4.69, 9.17) is 10.5 Å². The van der Waals surface area contributed by atoms with Gasteiger partial charge in [0.15, 0.2) is 6.23 Å². The number of hydrogen-bond donors (Lipinski definition) is 1. The second kappa shape index (κ2) is 8.59. The Morgan fingerprint density at radius 2 is 1.70 bits per heavy atom. The van der Waals surface area contributed by atoms with Crippen LogP contribution in [0.25, 0.3) is 10.9 Å². The molecule has 0 bridgehead atoms. The molecule has 2 N–H and O–H groups in total. The molecular weight excluding hydrogens is 482 g/mol. The third-order valence-electron chi connectivity index (χ3n) is 4.27. The van der Waals surface area contributed by atoms with E-state index in [0.29, 0.717) is 6.07 Å². The van der Waals surface area contributed by atoms with E-state index in [-0.39, 0.29) is 16.7 Å². The number of carbonyl (C=O) groups is 1. The number of halogens is 6. The number of rotatable bonds is 6. The van der Waals surface area contributed by atoms with E-state index in [2.05, 4.69) is 4.74 Å². The average Bonchev–Trinajstić information content (AvgIpc) is 3.16. The molecule has 2 aromatic carbocycles. The fraction of sp³-hybridized carbons (Fsp3) is 0.211. The predicted molar refractivity (Wildman–Crippen MR) is 102 cm³/mol. The number of hydrogen-bond acceptors (Lipinski definition) is 6. The van der Waals surface area contributed by atoms with Crippen LogP contribution in [0.5, 0.6) is 5.75 Å². The molecule has 3 rings (SSSR count). The highest BCUT2D eigenvalue weighted by Crippen LogP contribution is 2.33. The van der Waals surface area contributed by atoms with Gasteiger partial charge in [-0.15, -0.1) is 0 Å². The first-order valence-electron chi connectivity index (χ1n) is 8.90. The van der Waals surface area contributed by atoms with Gasteiger partial charge in [-0.2, -0.15) is 26.3 Å². The second-order valence-electron chi connectivity index (χ2n) is 6.58. The van der Waals surface area contributed by atoms with Crippen molar-refractivity contribution >= 4 is 26.9 Å². The van der Waals surface area contributed by atoms with Crippen molar-refractivity contribution in [1.82, 2.24) is 3.97 Å². The molecule has 1 atom stereocenters. The largest absolute Gasteiger partial charge is 0.490 e. The summed E-state index contributed by atoms with van der Waals surface area (Å²) in [6.45, 7) is -0.688. The van der Waals surface area contributed by atoms with Gasteiger partial charge in [-0.1, -0.05) is 12.1 Å². The van der Waals surface area contributed by atoms with Crippen molar-refractivity contribution in [1.29, 1.82) is 0 Å². The highest BCUT2D eigenvalue weighted by Gasteiger charge is 2.42. The van der Waals surface area contributed by atoms with Gasteiger partial charge < -0.3 is 9.47 Å². The Morgan fingerprint density at radius 3 is 2.33 bits per heavy atom. The first-order valence-corrected chi connectivity index (χ1v) is 10.3. The molecule has 3 aromatic rings. The minimum absolute atomic E-state index is 0.0102. The van der Waals surface area contributed by atoms with Crippen LogP contribution in [-0.2, 0) is 25.7 Å². The van der Waals surface area contributed by atoms with E-state index in [9.17, 15) is 39.6 Å². The molecular formula is C19H14F6N2O5S. The van der Waals surface area contributed by atoms with Crippen LogP contribution in [0.4, 0.5) is 26.3 Å². The summed E-state index contributed by atoms with van der Waals surface area (Å²) in [5.74, 6) is -2.51. The normalized spacial score (nSPS) is 13.7. The first kappa shape index (κ1) is 24.4. The van der Waals surface area contributed by atoms with Crippen LogP contribution >= 0.6 is 0 Å². The van der Waals surface area contributed by atoms with Gasteiger partial charge in [0.2, 0.25) is 0 Å². The Labute approximate surface area is 182 Å².